The van der Waals surface area contributed by atoms with Crippen LogP contribution in [0.4, 0.5) is 11.4 Å². The van der Waals surface area contributed by atoms with Gasteiger partial charge in [0.2, 0.25) is 0 Å². The van der Waals surface area contributed by atoms with Crippen molar-refractivity contribution in [1.29, 1.82) is 0 Å². The molecule has 5 rings (SSSR count). The smallest absolute Gasteiger partial charge is 0.255 e. The number of piperazine rings is 1. The summed E-state index contributed by atoms with van der Waals surface area (Å²) >= 11 is 0. The third-order valence-electron chi connectivity index (χ3n) is 6.37. The third kappa shape index (κ3) is 5.36. The average molecular weight is 448 g/mol. The first-order chi connectivity index (χ1) is 16.7. The van der Waals surface area contributed by atoms with Crippen LogP contribution in [0.2, 0.25) is 0 Å². The number of carbonyl (C=O) groups is 1. The van der Waals surface area contributed by atoms with E-state index < -0.39 is 0 Å². The van der Waals surface area contributed by atoms with Gasteiger partial charge in [0.25, 0.3) is 5.91 Å². The fourth-order valence-electron chi connectivity index (χ4n) is 4.41. The fraction of sp³-hybridized carbons (Fsp3) is 0.167. The van der Waals surface area contributed by atoms with E-state index in [0.717, 1.165) is 49.5 Å². The zero-order chi connectivity index (χ0) is 23.2. The molecule has 4 aromatic carbocycles. The number of anilines is 2. The molecule has 0 atom stereocenters. The zero-order valence-electron chi connectivity index (χ0n) is 19.2. The van der Waals surface area contributed by atoms with Gasteiger partial charge in [0, 0.05) is 49.7 Å². The first-order valence-electron chi connectivity index (χ1n) is 11.8. The highest BCUT2D eigenvalue weighted by atomic mass is 16.1. The summed E-state index contributed by atoms with van der Waals surface area (Å²) in [6, 6.07) is 36.7. The second-order valence-electron chi connectivity index (χ2n) is 8.69. The Morgan fingerprint density at radius 2 is 1.24 bits per heavy atom. The van der Waals surface area contributed by atoms with Gasteiger partial charge in [-0.05, 0) is 53.1 Å². The van der Waals surface area contributed by atoms with Gasteiger partial charge >= 0.3 is 0 Å². The maximum Gasteiger partial charge on any atom is 0.255 e. The lowest BCUT2D eigenvalue weighted by Gasteiger charge is -2.36. The van der Waals surface area contributed by atoms with Crippen LogP contribution in [-0.2, 0) is 6.54 Å². The molecule has 0 spiro atoms. The van der Waals surface area contributed by atoms with Crippen LogP contribution in [0.1, 0.15) is 15.9 Å². The molecular formula is C30H29N3O. The molecule has 1 saturated heterocycles. The molecule has 0 bridgehead atoms. The second-order valence-corrected chi connectivity index (χ2v) is 8.69. The Morgan fingerprint density at radius 3 is 1.88 bits per heavy atom. The van der Waals surface area contributed by atoms with Crippen LogP contribution in [0.5, 0.6) is 0 Å². The Bertz CT molecular complexity index is 1200. The van der Waals surface area contributed by atoms with Crippen molar-refractivity contribution in [2.45, 2.75) is 6.54 Å². The van der Waals surface area contributed by atoms with Gasteiger partial charge in [-0.15, -0.1) is 0 Å². The fourth-order valence-corrected chi connectivity index (χ4v) is 4.41. The van der Waals surface area contributed by atoms with Crippen molar-refractivity contribution in [3.05, 3.63) is 120 Å². The molecule has 0 saturated carbocycles. The van der Waals surface area contributed by atoms with Crippen LogP contribution in [0.3, 0.4) is 0 Å². The van der Waals surface area contributed by atoms with Crippen LogP contribution in [0.25, 0.3) is 11.1 Å². The Balaban J connectivity index is 1.14. The largest absolute Gasteiger partial charge is 0.369 e. The number of nitrogens with one attached hydrogen (secondary N) is 1. The van der Waals surface area contributed by atoms with Gasteiger partial charge in [0.15, 0.2) is 0 Å². The van der Waals surface area contributed by atoms with Crippen molar-refractivity contribution < 1.29 is 4.79 Å². The van der Waals surface area contributed by atoms with E-state index in [1.807, 2.05) is 54.6 Å². The number of hydrogen-bond acceptors (Lipinski definition) is 3. The zero-order valence-corrected chi connectivity index (χ0v) is 19.2. The van der Waals surface area contributed by atoms with E-state index in [1.54, 1.807) is 0 Å². The van der Waals surface area contributed by atoms with E-state index in [2.05, 4.69) is 69.7 Å². The first kappa shape index (κ1) is 21.9. The SMILES string of the molecule is O=C(Nc1ccc(N2CCN(Cc3ccccc3)CC2)cc1)c1ccc(-c2ccccc2)cc1. The molecule has 0 unspecified atom stereocenters. The Hall–Kier alpha value is -3.89. The lowest BCUT2D eigenvalue weighted by Crippen LogP contribution is -2.45. The van der Waals surface area contributed by atoms with Gasteiger partial charge in [-0.3, -0.25) is 9.69 Å². The Labute approximate surface area is 201 Å². The molecule has 1 heterocycles. The van der Waals surface area contributed by atoms with Crippen molar-refractivity contribution in [1.82, 2.24) is 4.90 Å². The molecule has 1 fully saturated rings. The molecule has 1 N–H and O–H groups in total. The summed E-state index contributed by atoms with van der Waals surface area (Å²) in [6.45, 7) is 5.11. The molecule has 0 radical (unpaired) electrons. The normalized spacial score (nSPS) is 14.1. The molecular weight excluding hydrogens is 418 g/mol. The van der Waals surface area contributed by atoms with Gasteiger partial charge in [-0.2, -0.15) is 0 Å². The second kappa shape index (κ2) is 10.4. The van der Waals surface area contributed by atoms with Crippen molar-refractivity contribution in [3.63, 3.8) is 0 Å². The molecule has 1 amide bonds. The Kier molecular flexibility index (Phi) is 6.68. The van der Waals surface area contributed by atoms with E-state index in [1.165, 1.54) is 11.3 Å². The van der Waals surface area contributed by atoms with Crippen LogP contribution < -0.4 is 10.2 Å². The van der Waals surface area contributed by atoms with E-state index in [0.29, 0.717) is 5.56 Å². The number of benzene rings is 4. The van der Waals surface area contributed by atoms with E-state index >= 15 is 0 Å². The van der Waals surface area contributed by atoms with Crippen molar-refractivity contribution in [3.8, 4) is 11.1 Å². The molecule has 170 valence electrons. The van der Waals surface area contributed by atoms with E-state index in [9.17, 15) is 4.79 Å². The predicted molar refractivity (Wildman–Crippen MR) is 140 cm³/mol. The minimum absolute atomic E-state index is 0.0955. The van der Waals surface area contributed by atoms with Crippen molar-refractivity contribution in [2.24, 2.45) is 0 Å². The maximum absolute atomic E-state index is 12.7. The topological polar surface area (TPSA) is 35.6 Å². The molecule has 4 nitrogen and oxygen atoms in total. The van der Waals surface area contributed by atoms with E-state index in [4.69, 9.17) is 0 Å². The summed E-state index contributed by atoms with van der Waals surface area (Å²) in [4.78, 5) is 17.6. The molecule has 1 aliphatic rings. The van der Waals surface area contributed by atoms with Crippen LogP contribution in [0, 0.1) is 0 Å². The quantitative estimate of drug-likeness (QED) is 0.398. The summed E-state index contributed by atoms with van der Waals surface area (Å²) in [5.41, 5.74) is 6.27. The molecule has 4 heteroatoms. The number of hydrogen-bond donors (Lipinski definition) is 1. The van der Waals surface area contributed by atoms with Crippen LogP contribution in [0.15, 0.2) is 109 Å². The highest BCUT2D eigenvalue weighted by Crippen LogP contribution is 2.22. The number of amides is 1. The number of rotatable bonds is 6. The average Bonchev–Trinajstić information content (AvgIpc) is 2.91. The molecule has 0 aliphatic carbocycles. The predicted octanol–water partition coefficient (Wildman–Crippen LogP) is 5.93. The van der Waals surface area contributed by atoms with Crippen LogP contribution >= 0.6 is 0 Å². The lowest BCUT2D eigenvalue weighted by molar-refractivity contribution is 0.102. The monoisotopic (exact) mass is 447 g/mol. The highest BCUT2D eigenvalue weighted by molar-refractivity contribution is 6.04. The van der Waals surface area contributed by atoms with Crippen LogP contribution in [-0.4, -0.2) is 37.0 Å². The third-order valence-corrected chi connectivity index (χ3v) is 6.37. The van der Waals surface area contributed by atoms with E-state index in [-0.39, 0.29) is 5.91 Å². The lowest BCUT2D eigenvalue weighted by atomic mass is 10.0. The Morgan fingerprint density at radius 1 is 0.647 bits per heavy atom. The number of nitrogens with zero attached hydrogens (tertiary/aromatic N) is 2. The first-order valence-corrected chi connectivity index (χ1v) is 11.8. The van der Waals surface area contributed by atoms with Crippen molar-refractivity contribution in [2.75, 3.05) is 36.4 Å². The minimum atomic E-state index is -0.0955. The molecule has 1 aliphatic heterocycles. The molecule has 0 aromatic heterocycles. The van der Waals surface area contributed by atoms with Gasteiger partial charge in [0.1, 0.15) is 0 Å². The standard InChI is InChI=1S/C30H29N3O/c34-30(27-13-11-26(12-14-27)25-9-5-2-6-10-25)31-28-15-17-29(18-16-28)33-21-19-32(20-22-33)23-24-7-3-1-4-8-24/h1-18H,19-23H2,(H,31,34). The minimum Gasteiger partial charge on any atom is -0.369 e. The molecule has 34 heavy (non-hydrogen) atoms. The summed E-state index contributed by atoms with van der Waals surface area (Å²) in [5.74, 6) is -0.0955. The maximum atomic E-state index is 12.7. The van der Waals surface area contributed by atoms with Gasteiger partial charge in [0.05, 0.1) is 0 Å². The summed E-state index contributed by atoms with van der Waals surface area (Å²) in [6.07, 6.45) is 0. The summed E-state index contributed by atoms with van der Waals surface area (Å²) < 4.78 is 0. The van der Waals surface area contributed by atoms with Crippen molar-refractivity contribution >= 4 is 17.3 Å². The van der Waals surface area contributed by atoms with Gasteiger partial charge < -0.3 is 10.2 Å². The molecule has 4 aromatic rings. The highest BCUT2D eigenvalue weighted by Gasteiger charge is 2.17. The summed E-state index contributed by atoms with van der Waals surface area (Å²) in [5, 5.41) is 3.02. The van der Waals surface area contributed by atoms with Gasteiger partial charge in [-0.1, -0.05) is 72.8 Å². The summed E-state index contributed by atoms with van der Waals surface area (Å²) in [7, 11) is 0. The number of carbonyl (C=O) groups excluding carboxylic acids is 1. The van der Waals surface area contributed by atoms with Gasteiger partial charge in [-0.25, -0.2) is 0 Å².